The number of pyridine rings is 1. The Labute approximate surface area is 211 Å². The second-order valence-corrected chi connectivity index (χ2v) is 11.8. The van der Waals surface area contributed by atoms with Crippen LogP contribution in [-0.2, 0) is 10.2 Å². The van der Waals surface area contributed by atoms with Crippen LogP contribution in [-0.4, -0.2) is 50.5 Å². The van der Waals surface area contributed by atoms with Crippen molar-refractivity contribution < 1.29 is 4.79 Å². The van der Waals surface area contributed by atoms with Gasteiger partial charge in [0.2, 0.25) is 5.91 Å². The number of carbonyl (C=O) groups is 1. The van der Waals surface area contributed by atoms with E-state index in [1.807, 2.05) is 12.4 Å². The van der Waals surface area contributed by atoms with Crippen LogP contribution in [0.25, 0.3) is 22.3 Å². The van der Waals surface area contributed by atoms with Gasteiger partial charge in [0.05, 0.1) is 23.0 Å². The average Bonchev–Trinajstić information content (AvgIpc) is 3.55. The van der Waals surface area contributed by atoms with Crippen molar-refractivity contribution in [3.63, 3.8) is 0 Å². The average molecular weight is 490 g/mol. The molecule has 0 spiro atoms. The highest BCUT2D eigenvalue weighted by molar-refractivity contribution is 6.34. The van der Waals surface area contributed by atoms with Gasteiger partial charge >= 0.3 is 0 Å². The second kappa shape index (κ2) is 7.78. The predicted molar refractivity (Wildman–Crippen MR) is 139 cm³/mol. The standard InChI is InChI=1S/C28H32ClN5O/c1-28(2)21-9-6-17(22-15-23-25(26(29)31-22)33(16-30-23)18-7-8-18)12-24(21)34(27(28)35)20-13-19(14-20)32-10-4-3-5-11-32/h6,9,12,15-16,18-20H,3-5,7-8,10-11,13-14H2,1-2H3. The van der Waals surface area contributed by atoms with Crippen LogP contribution < -0.4 is 4.90 Å². The maximum atomic E-state index is 13.6. The second-order valence-electron chi connectivity index (χ2n) is 11.5. The lowest BCUT2D eigenvalue weighted by Gasteiger charge is -2.48. The lowest BCUT2D eigenvalue weighted by atomic mass is 9.82. The molecule has 2 saturated carbocycles. The molecular weight excluding hydrogens is 458 g/mol. The molecule has 35 heavy (non-hydrogen) atoms. The summed E-state index contributed by atoms with van der Waals surface area (Å²) in [7, 11) is 0. The summed E-state index contributed by atoms with van der Waals surface area (Å²) in [5.74, 6) is 0.219. The summed E-state index contributed by atoms with van der Waals surface area (Å²) in [4.78, 5) is 27.7. The number of piperidine rings is 1. The Balaban J connectivity index is 1.22. The number of amides is 1. The van der Waals surface area contributed by atoms with Crippen LogP contribution in [0.4, 0.5) is 5.69 Å². The number of imidazole rings is 1. The first-order valence-electron chi connectivity index (χ1n) is 13.2. The third-order valence-corrected chi connectivity index (χ3v) is 9.05. The van der Waals surface area contributed by atoms with E-state index in [-0.39, 0.29) is 11.9 Å². The van der Waals surface area contributed by atoms with E-state index in [1.54, 1.807) is 0 Å². The van der Waals surface area contributed by atoms with Crippen LogP contribution >= 0.6 is 11.6 Å². The van der Waals surface area contributed by atoms with E-state index in [0.29, 0.717) is 17.2 Å². The van der Waals surface area contributed by atoms with Crippen molar-refractivity contribution in [1.82, 2.24) is 19.4 Å². The maximum absolute atomic E-state index is 13.6. The molecule has 1 aromatic carbocycles. The number of nitrogens with zero attached hydrogens (tertiary/aromatic N) is 5. The summed E-state index contributed by atoms with van der Waals surface area (Å²) in [6, 6.07) is 9.78. The van der Waals surface area contributed by atoms with Crippen LogP contribution in [0.2, 0.25) is 5.15 Å². The van der Waals surface area contributed by atoms with E-state index in [4.69, 9.17) is 16.6 Å². The van der Waals surface area contributed by atoms with Gasteiger partial charge in [-0.3, -0.25) is 4.79 Å². The summed E-state index contributed by atoms with van der Waals surface area (Å²) in [5, 5.41) is 0.499. The van der Waals surface area contributed by atoms with E-state index in [2.05, 4.69) is 51.4 Å². The normalized spacial score (nSPS) is 26.3. The van der Waals surface area contributed by atoms with Gasteiger partial charge in [0.1, 0.15) is 5.52 Å². The molecule has 4 heterocycles. The van der Waals surface area contributed by atoms with Crippen molar-refractivity contribution >= 4 is 34.2 Å². The van der Waals surface area contributed by atoms with Crippen molar-refractivity contribution in [3.8, 4) is 11.3 Å². The van der Waals surface area contributed by atoms with Crippen LogP contribution in [0.15, 0.2) is 30.6 Å². The highest BCUT2D eigenvalue weighted by Crippen LogP contribution is 2.48. The minimum absolute atomic E-state index is 0.219. The fourth-order valence-corrected chi connectivity index (χ4v) is 6.74. The zero-order chi connectivity index (χ0) is 23.9. The van der Waals surface area contributed by atoms with Gasteiger partial charge in [0, 0.05) is 29.4 Å². The monoisotopic (exact) mass is 489 g/mol. The first-order chi connectivity index (χ1) is 16.9. The topological polar surface area (TPSA) is 54.3 Å². The summed E-state index contributed by atoms with van der Waals surface area (Å²) in [6.45, 7) is 6.53. The van der Waals surface area contributed by atoms with Gasteiger partial charge in [-0.25, -0.2) is 9.97 Å². The summed E-state index contributed by atoms with van der Waals surface area (Å²) in [6.07, 6.45) is 10.3. The van der Waals surface area contributed by atoms with Crippen molar-refractivity contribution in [3.05, 3.63) is 41.3 Å². The smallest absolute Gasteiger partial charge is 0.237 e. The number of fused-ring (bicyclic) bond motifs is 2. The molecule has 0 radical (unpaired) electrons. The van der Waals surface area contributed by atoms with Crippen molar-refractivity contribution in [1.29, 1.82) is 0 Å². The molecule has 2 aliphatic heterocycles. The maximum Gasteiger partial charge on any atom is 0.237 e. The molecule has 2 aromatic heterocycles. The van der Waals surface area contributed by atoms with E-state index in [9.17, 15) is 4.79 Å². The molecule has 0 unspecified atom stereocenters. The van der Waals surface area contributed by atoms with Crippen molar-refractivity contribution in [2.45, 2.75) is 82.3 Å². The van der Waals surface area contributed by atoms with Crippen LogP contribution in [0.1, 0.15) is 70.4 Å². The van der Waals surface area contributed by atoms with E-state index in [1.165, 1.54) is 45.2 Å². The van der Waals surface area contributed by atoms with Gasteiger partial charge in [0.15, 0.2) is 5.15 Å². The molecule has 1 amide bonds. The van der Waals surface area contributed by atoms with E-state index in [0.717, 1.165) is 46.4 Å². The van der Waals surface area contributed by atoms with Crippen molar-refractivity contribution in [2.24, 2.45) is 0 Å². The molecule has 0 atom stereocenters. The summed E-state index contributed by atoms with van der Waals surface area (Å²) in [5.41, 5.74) is 5.24. The Bertz CT molecular complexity index is 1330. The number of hydrogen-bond acceptors (Lipinski definition) is 4. The van der Waals surface area contributed by atoms with Gasteiger partial charge in [-0.2, -0.15) is 0 Å². The quantitative estimate of drug-likeness (QED) is 0.439. The van der Waals surface area contributed by atoms with E-state index >= 15 is 0 Å². The summed E-state index contributed by atoms with van der Waals surface area (Å²) < 4.78 is 2.16. The molecule has 1 saturated heterocycles. The Morgan fingerprint density at radius 3 is 2.51 bits per heavy atom. The molecule has 182 valence electrons. The molecule has 0 bridgehead atoms. The fraction of sp³-hybridized carbons (Fsp3) is 0.536. The highest BCUT2D eigenvalue weighted by atomic mass is 35.5. The Kier molecular flexibility index (Phi) is 4.85. The molecular formula is C28H32ClN5O. The van der Waals surface area contributed by atoms with Gasteiger partial charge in [-0.15, -0.1) is 0 Å². The third kappa shape index (κ3) is 3.36. The number of anilines is 1. The number of likely N-dealkylation sites (tertiary alicyclic amines) is 1. The fourth-order valence-electron chi connectivity index (χ4n) is 6.45. The minimum atomic E-state index is -0.512. The molecule has 3 fully saturated rings. The molecule has 0 N–H and O–H groups in total. The molecule has 4 aliphatic rings. The molecule has 3 aromatic rings. The number of aromatic nitrogens is 3. The minimum Gasteiger partial charge on any atom is -0.325 e. The lowest BCUT2D eigenvalue weighted by molar-refractivity contribution is -0.123. The van der Waals surface area contributed by atoms with Crippen LogP contribution in [0.3, 0.4) is 0 Å². The Hall–Kier alpha value is -2.44. The lowest BCUT2D eigenvalue weighted by Crippen LogP contribution is -2.57. The van der Waals surface area contributed by atoms with Crippen LogP contribution in [0.5, 0.6) is 0 Å². The SMILES string of the molecule is CC1(C)C(=O)N(C2CC(N3CCCCC3)C2)c2cc(-c3cc4ncn(C5CC5)c4c(Cl)n3)ccc21. The molecule has 7 rings (SSSR count). The van der Waals surface area contributed by atoms with Gasteiger partial charge < -0.3 is 14.4 Å². The third-order valence-electron chi connectivity index (χ3n) is 8.79. The number of halogens is 1. The zero-order valence-electron chi connectivity index (χ0n) is 20.5. The van der Waals surface area contributed by atoms with Gasteiger partial charge in [-0.05, 0) is 83.2 Å². The first-order valence-corrected chi connectivity index (χ1v) is 13.6. The molecule has 6 nitrogen and oxygen atoms in total. The largest absolute Gasteiger partial charge is 0.325 e. The van der Waals surface area contributed by atoms with Crippen LogP contribution in [0, 0.1) is 0 Å². The van der Waals surface area contributed by atoms with Gasteiger partial charge in [-0.1, -0.05) is 30.2 Å². The summed E-state index contributed by atoms with van der Waals surface area (Å²) >= 11 is 6.68. The number of hydrogen-bond donors (Lipinski definition) is 0. The number of carbonyl (C=O) groups excluding carboxylic acids is 1. The first kappa shape index (κ1) is 21.8. The predicted octanol–water partition coefficient (Wildman–Crippen LogP) is 5.73. The van der Waals surface area contributed by atoms with Gasteiger partial charge in [0.25, 0.3) is 0 Å². The van der Waals surface area contributed by atoms with E-state index < -0.39 is 5.41 Å². The Morgan fingerprint density at radius 2 is 1.77 bits per heavy atom. The zero-order valence-corrected chi connectivity index (χ0v) is 21.3. The Morgan fingerprint density at radius 1 is 1.00 bits per heavy atom. The number of benzene rings is 1. The number of rotatable bonds is 4. The molecule has 7 heteroatoms. The van der Waals surface area contributed by atoms with Crippen molar-refractivity contribution in [2.75, 3.05) is 18.0 Å². The molecule has 2 aliphatic carbocycles. The highest BCUT2D eigenvalue weighted by Gasteiger charge is 2.50.